The maximum absolute atomic E-state index is 6.91. The number of ether oxygens (including phenoxy) is 1. The Hall–Kier alpha value is -7.43. The molecule has 0 radical (unpaired) electrons. The molecule has 2 aliphatic rings. The number of benzene rings is 7. The van der Waals surface area contributed by atoms with Crippen molar-refractivity contribution in [3.63, 3.8) is 0 Å². The second-order valence-electron chi connectivity index (χ2n) is 14.4. The minimum absolute atomic E-state index is 0.654. The van der Waals surface area contributed by atoms with E-state index in [2.05, 4.69) is 163 Å². The molecule has 0 bridgehead atoms. The van der Waals surface area contributed by atoms with E-state index in [4.69, 9.17) is 14.7 Å². The minimum atomic E-state index is -0.654. The molecule has 262 valence electrons. The van der Waals surface area contributed by atoms with E-state index in [0.29, 0.717) is 5.82 Å². The Morgan fingerprint density at radius 2 is 0.857 bits per heavy atom. The highest BCUT2D eigenvalue weighted by atomic mass is 16.5. The quantitative estimate of drug-likeness (QED) is 0.178. The lowest BCUT2D eigenvalue weighted by molar-refractivity contribution is 0.436. The van der Waals surface area contributed by atoms with Crippen molar-refractivity contribution >= 4 is 0 Å². The molecule has 9 aromatic rings. The van der Waals surface area contributed by atoms with Gasteiger partial charge in [-0.25, -0.2) is 9.97 Å². The molecular weight excluding hydrogens is 683 g/mol. The summed E-state index contributed by atoms with van der Waals surface area (Å²) in [6.07, 6.45) is 1.84. The molecule has 0 saturated carbocycles. The Morgan fingerprint density at radius 3 is 1.54 bits per heavy atom. The van der Waals surface area contributed by atoms with Crippen molar-refractivity contribution in [1.29, 1.82) is 0 Å². The fourth-order valence-corrected chi connectivity index (χ4v) is 8.70. The average molecular weight is 716 g/mol. The summed E-state index contributed by atoms with van der Waals surface area (Å²) in [4.78, 5) is 14.9. The van der Waals surface area contributed by atoms with E-state index >= 15 is 0 Å². The summed E-state index contributed by atoms with van der Waals surface area (Å²) >= 11 is 0. The normalized spacial score (nSPS) is 12.9. The molecule has 3 heterocycles. The first-order valence-corrected chi connectivity index (χ1v) is 18.9. The largest absolute Gasteiger partial charge is 0.457 e. The van der Waals surface area contributed by atoms with Gasteiger partial charge in [0.25, 0.3) is 0 Å². The first-order chi connectivity index (χ1) is 27.7. The summed E-state index contributed by atoms with van der Waals surface area (Å²) < 4.78 is 6.91. The summed E-state index contributed by atoms with van der Waals surface area (Å²) in [5.74, 6) is 2.37. The van der Waals surface area contributed by atoms with E-state index in [9.17, 15) is 0 Å². The number of rotatable bonds is 5. The second kappa shape index (κ2) is 12.9. The summed E-state index contributed by atoms with van der Waals surface area (Å²) in [5, 5.41) is 0. The molecule has 4 nitrogen and oxygen atoms in total. The summed E-state index contributed by atoms with van der Waals surface area (Å²) in [6.45, 7) is 0. The van der Waals surface area contributed by atoms with E-state index in [1.807, 2.05) is 42.6 Å². The molecule has 0 unspecified atom stereocenters. The fraction of sp³-hybridized carbons (Fsp3) is 0.0192. The zero-order chi connectivity index (χ0) is 37.1. The van der Waals surface area contributed by atoms with Crippen molar-refractivity contribution in [2.45, 2.75) is 5.41 Å². The van der Waals surface area contributed by atoms with Gasteiger partial charge in [-0.05, 0) is 88.0 Å². The van der Waals surface area contributed by atoms with Crippen LogP contribution in [-0.2, 0) is 5.41 Å². The standard InChI is InChI=1S/C52H33N3O/c1-3-14-34(15-4-1)47-33-48(55-51(54-47)35-16-5-2-6-17-35)39-26-28-50-45(32-39)52(42-22-9-7-20-40(42)41-21-8-10-23-43(41)52)44-31-37(25-27-49(44)56-50)36-18-13-19-38(30-36)46-24-11-12-29-53-46/h1-33H. The third kappa shape index (κ3) is 5.04. The third-order valence-electron chi connectivity index (χ3n) is 11.2. The number of hydrogen-bond donors (Lipinski definition) is 0. The number of aromatic nitrogens is 3. The van der Waals surface area contributed by atoms with Gasteiger partial charge in [-0.1, -0.05) is 140 Å². The van der Waals surface area contributed by atoms with Gasteiger partial charge in [0, 0.05) is 39.6 Å². The van der Waals surface area contributed by atoms with Gasteiger partial charge < -0.3 is 4.74 Å². The van der Waals surface area contributed by atoms with Gasteiger partial charge in [-0.15, -0.1) is 0 Å². The molecule has 0 amide bonds. The molecule has 0 atom stereocenters. The number of hydrogen-bond acceptors (Lipinski definition) is 4. The molecule has 56 heavy (non-hydrogen) atoms. The number of pyridine rings is 1. The minimum Gasteiger partial charge on any atom is -0.457 e. The van der Waals surface area contributed by atoms with Gasteiger partial charge >= 0.3 is 0 Å². The Kier molecular flexibility index (Phi) is 7.36. The predicted octanol–water partition coefficient (Wildman–Crippen LogP) is 12.7. The number of nitrogens with zero attached hydrogens (tertiary/aromatic N) is 3. The van der Waals surface area contributed by atoms with Crippen LogP contribution in [0.3, 0.4) is 0 Å². The van der Waals surface area contributed by atoms with Gasteiger partial charge in [0.1, 0.15) is 11.5 Å². The molecule has 1 aliphatic carbocycles. The smallest absolute Gasteiger partial charge is 0.160 e. The lowest BCUT2D eigenvalue weighted by atomic mass is 9.65. The van der Waals surface area contributed by atoms with E-state index in [1.165, 1.54) is 22.3 Å². The molecule has 11 rings (SSSR count). The van der Waals surface area contributed by atoms with E-state index < -0.39 is 5.41 Å². The maximum atomic E-state index is 6.91. The van der Waals surface area contributed by atoms with Crippen molar-refractivity contribution in [2.75, 3.05) is 0 Å². The monoisotopic (exact) mass is 715 g/mol. The Bertz CT molecular complexity index is 2840. The molecule has 2 aromatic heterocycles. The summed E-state index contributed by atoms with van der Waals surface area (Å²) in [6, 6.07) is 68.2. The fourth-order valence-electron chi connectivity index (χ4n) is 8.70. The molecule has 4 heteroatoms. The van der Waals surface area contributed by atoms with Gasteiger partial charge in [-0.3, -0.25) is 4.98 Å². The summed E-state index contributed by atoms with van der Waals surface area (Å²) in [7, 11) is 0. The first-order valence-electron chi connectivity index (χ1n) is 18.9. The lowest BCUT2D eigenvalue weighted by Gasteiger charge is -2.40. The van der Waals surface area contributed by atoms with Crippen LogP contribution in [-0.4, -0.2) is 15.0 Å². The highest BCUT2D eigenvalue weighted by Crippen LogP contribution is 2.62. The van der Waals surface area contributed by atoms with Crippen LogP contribution >= 0.6 is 0 Å². The molecule has 0 saturated heterocycles. The van der Waals surface area contributed by atoms with Crippen LogP contribution in [0.15, 0.2) is 200 Å². The molecule has 0 fully saturated rings. The summed E-state index contributed by atoms with van der Waals surface area (Å²) in [5.41, 5.74) is 15.5. The average Bonchev–Trinajstić information content (AvgIpc) is 3.57. The van der Waals surface area contributed by atoms with Crippen molar-refractivity contribution in [1.82, 2.24) is 15.0 Å². The van der Waals surface area contributed by atoms with Gasteiger partial charge in [-0.2, -0.15) is 0 Å². The van der Waals surface area contributed by atoms with Crippen LogP contribution in [0.4, 0.5) is 0 Å². The van der Waals surface area contributed by atoms with Crippen molar-refractivity contribution < 1.29 is 4.74 Å². The highest BCUT2D eigenvalue weighted by molar-refractivity contribution is 5.90. The first kappa shape index (κ1) is 32.0. The predicted molar refractivity (Wildman–Crippen MR) is 224 cm³/mol. The lowest BCUT2D eigenvalue weighted by Crippen LogP contribution is -2.32. The van der Waals surface area contributed by atoms with Crippen LogP contribution < -0.4 is 4.74 Å². The Labute approximate surface area is 325 Å². The zero-order valence-corrected chi connectivity index (χ0v) is 30.3. The van der Waals surface area contributed by atoms with Crippen LogP contribution in [0, 0.1) is 0 Å². The van der Waals surface area contributed by atoms with Crippen molar-refractivity contribution in [3.8, 4) is 78.9 Å². The van der Waals surface area contributed by atoms with Crippen LogP contribution in [0.2, 0.25) is 0 Å². The Morgan fingerprint density at radius 1 is 0.339 bits per heavy atom. The van der Waals surface area contributed by atoms with Crippen molar-refractivity contribution in [3.05, 3.63) is 223 Å². The maximum Gasteiger partial charge on any atom is 0.160 e. The SMILES string of the molecule is c1ccc(-c2cc(-c3ccc4c(c3)C3(c5cc(-c6cccc(-c7ccccn7)c6)ccc5O4)c4ccccc4-c4ccccc43)nc(-c3ccccc3)n2)cc1. The second-order valence-corrected chi connectivity index (χ2v) is 14.4. The van der Waals surface area contributed by atoms with Gasteiger partial charge in [0.2, 0.25) is 0 Å². The zero-order valence-electron chi connectivity index (χ0n) is 30.3. The number of fused-ring (bicyclic) bond motifs is 9. The molecule has 0 N–H and O–H groups in total. The third-order valence-corrected chi connectivity index (χ3v) is 11.2. The van der Waals surface area contributed by atoms with Gasteiger partial charge in [0.15, 0.2) is 5.82 Å². The molecule has 1 spiro atoms. The Balaban J connectivity index is 1.15. The van der Waals surface area contributed by atoms with Crippen LogP contribution in [0.5, 0.6) is 11.5 Å². The van der Waals surface area contributed by atoms with Crippen LogP contribution in [0.1, 0.15) is 22.3 Å². The van der Waals surface area contributed by atoms with E-state index in [0.717, 1.165) is 73.1 Å². The molecule has 1 aliphatic heterocycles. The van der Waals surface area contributed by atoms with E-state index in [1.54, 1.807) is 0 Å². The highest BCUT2D eigenvalue weighted by Gasteiger charge is 2.51. The van der Waals surface area contributed by atoms with Gasteiger partial charge in [0.05, 0.1) is 22.5 Å². The van der Waals surface area contributed by atoms with E-state index in [-0.39, 0.29) is 0 Å². The van der Waals surface area contributed by atoms with Crippen molar-refractivity contribution in [2.24, 2.45) is 0 Å². The molecule has 7 aromatic carbocycles. The van der Waals surface area contributed by atoms with Crippen LogP contribution in [0.25, 0.3) is 67.4 Å². The topological polar surface area (TPSA) is 47.9 Å². The molecular formula is C52H33N3O.